The van der Waals surface area contributed by atoms with Crippen molar-refractivity contribution in [2.75, 3.05) is 19.9 Å². The minimum atomic E-state index is -0.982. The molecule has 2 rings (SSSR count). The Labute approximate surface area is 140 Å². The van der Waals surface area contributed by atoms with Gasteiger partial charge in [-0.25, -0.2) is 4.79 Å². The van der Waals surface area contributed by atoms with E-state index in [1.807, 2.05) is 37.6 Å². The second kappa shape index (κ2) is 8.04. The fraction of sp³-hybridized carbons (Fsp3) is 0.278. The number of aliphatic carboxylic acids is 1. The summed E-state index contributed by atoms with van der Waals surface area (Å²) >= 11 is 1.70. The van der Waals surface area contributed by atoms with Gasteiger partial charge in [0.15, 0.2) is 6.61 Å². The maximum Gasteiger partial charge on any atom is 0.341 e. The van der Waals surface area contributed by atoms with Crippen molar-refractivity contribution in [1.82, 2.24) is 5.32 Å². The fourth-order valence-corrected chi connectivity index (χ4v) is 3.00. The molecule has 0 saturated heterocycles. The maximum atomic E-state index is 10.8. The van der Waals surface area contributed by atoms with E-state index < -0.39 is 5.97 Å². The van der Waals surface area contributed by atoms with E-state index in [9.17, 15) is 4.79 Å². The highest BCUT2D eigenvalue weighted by molar-refractivity contribution is 7.98. The molecule has 0 aliphatic heterocycles. The Balaban J connectivity index is 2.47. The van der Waals surface area contributed by atoms with E-state index in [0.29, 0.717) is 5.75 Å². The van der Waals surface area contributed by atoms with Crippen molar-refractivity contribution in [3.8, 4) is 16.9 Å². The third-order valence-electron chi connectivity index (χ3n) is 3.50. The zero-order chi connectivity index (χ0) is 16.8. The van der Waals surface area contributed by atoms with Crippen LogP contribution in [-0.4, -0.2) is 31.0 Å². The van der Waals surface area contributed by atoms with Gasteiger partial charge in [-0.1, -0.05) is 18.2 Å². The summed E-state index contributed by atoms with van der Waals surface area (Å²) in [6, 6.07) is 12.1. The van der Waals surface area contributed by atoms with Gasteiger partial charge < -0.3 is 15.2 Å². The molecule has 0 unspecified atom stereocenters. The summed E-state index contributed by atoms with van der Waals surface area (Å²) in [5, 5.41) is 12.0. The maximum absolute atomic E-state index is 10.8. The highest BCUT2D eigenvalue weighted by Crippen LogP contribution is 2.34. The molecule has 0 amide bonds. The highest BCUT2D eigenvalue weighted by atomic mass is 32.2. The monoisotopic (exact) mass is 331 g/mol. The summed E-state index contributed by atoms with van der Waals surface area (Å²) in [6.45, 7) is 2.47. The van der Waals surface area contributed by atoms with Gasteiger partial charge in [0.05, 0.1) is 0 Å². The first-order valence-corrected chi connectivity index (χ1v) is 8.54. The lowest BCUT2D eigenvalue weighted by atomic mass is 10.0. The van der Waals surface area contributed by atoms with Gasteiger partial charge in [0.2, 0.25) is 0 Å². The third-order valence-corrected chi connectivity index (χ3v) is 4.37. The Bertz CT molecular complexity index is 701. The van der Waals surface area contributed by atoms with E-state index in [2.05, 4.69) is 24.4 Å². The molecular weight excluding hydrogens is 310 g/mol. The van der Waals surface area contributed by atoms with Gasteiger partial charge in [0.25, 0.3) is 0 Å². The number of carboxylic acid groups (broad SMARTS) is 1. The Hall–Kier alpha value is -1.98. The SMILES string of the molecule is CNCc1ccc(OCC(=O)O)c(-c2ccc(C)c(SC)c2)c1. The number of thioether (sulfide) groups is 1. The van der Waals surface area contributed by atoms with E-state index in [0.717, 1.165) is 23.2 Å². The van der Waals surface area contributed by atoms with Crippen molar-refractivity contribution in [1.29, 1.82) is 0 Å². The Kier molecular flexibility index (Phi) is 6.07. The first-order chi connectivity index (χ1) is 11.0. The number of rotatable bonds is 7. The summed E-state index contributed by atoms with van der Waals surface area (Å²) in [4.78, 5) is 12.0. The minimum Gasteiger partial charge on any atom is -0.481 e. The van der Waals surface area contributed by atoms with Crippen LogP contribution in [0.1, 0.15) is 11.1 Å². The normalized spacial score (nSPS) is 10.6. The Morgan fingerprint density at radius 1 is 1.26 bits per heavy atom. The van der Waals surface area contributed by atoms with Gasteiger partial charge in [0.1, 0.15) is 5.75 Å². The first-order valence-electron chi connectivity index (χ1n) is 7.32. The van der Waals surface area contributed by atoms with Gasteiger partial charge in [-0.05, 0) is 55.1 Å². The molecule has 5 heteroatoms. The molecule has 0 heterocycles. The lowest BCUT2D eigenvalue weighted by Gasteiger charge is -2.14. The van der Waals surface area contributed by atoms with Crippen LogP contribution < -0.4 is 10.1 Å². The van der Waals surface area contributed by atoms with Crippen molar-refractivity contribution in [2.45, 2.75) is 18.4 Å². The summed E-state index contributed by atoms with van der Waals surface area (Å²) in [5.41, 5.74) is 4.28. The molecule has 0 spiro atoms. The summed E-state index contributed by atoms with van der Waals surface area (Å²) in [6.07, 6.45) is 2.05. The smallest absolute Gasteiger partial charge is 0.341 e. The van der Waals surface area contributed by atoms with Crippen molar-refractivity contribution in [3.05, 3.63) is 47.5 Å². The molecule has 122 valence electrons. The van der Waals surface area contributed by atoms with Gasteiger partial charge >= 0.3 is 5.97 Å². The van der Waals surface area contributed by atoms with Gasteiger partial charge in [-0.3, -0.25) is 0 Å². The number of aryl methyl sites for hydroxylation is 1. The van der Waals surface area contributed by atoms with E-state index >= 15 is 0 Å². The quantitative estimate of drug-likeness (QED) is 0.760. The molecule has 2 aromatic rings. The third kappa shape index (κ3) is 4.50. The number of benzene rings is 2. The first kappa shape index (κ1) is 17.4. The minimum absolute atomic E-state index is 0.348. The predicted octanol–water partition coefficient (Wildman–Crippen LogP) is 3.57. The molecular formula is C18H21NO3S. The standard InChI is InChI=1S/C18H21NO3S/c1-12-4-6-14(9-17(12)23-3)15-8-13(10-19-2)5-7-16(15)22-11-18(20)21/h4-9,19H,10-11H2,1-3H3,(H,20,21). The van der Waals surface area contributed by atoms with Crippen molar-refractivity contribution in [2.24, 2.45) is 0 Å². The van der Waals surface area contributed by atoms with Crippen molar-refractivity contribution >= 4 is 17.7 Å². The molecule has 0 bridgehead atoms. The summed E-state index contributed by atoms with van der Waals surface area (Å²) in [7, 11) is 1.90. The molecule has 0 fully saturated rings. The van der Waals surface area contributed by atoms with Crippen molar-refractivity contribution in [3.63, 3.8) is 0 Å². The van der Waals surface area contributed by atoms with Crippen LogP contribution >= 0.6 is 11.8 Å². The lowest BCUT2D eigenvalue weighted by Crippen LogP contribution is -2.10. The van der Waals surface area contributed by atoms with Crippen LogP contribution in [0.4, 0.5) is 0 Å². The number of carboxylic acids is 1. The lowest BCUT2D eigenvalue weighted by molar-refractivity contribution is -0.139. The largest absolute Gasteiger partial charge is 0.481 e. The second-order valence-electron chi connectivity index (χ2n) is 5.23. The van der Waals surface area contributed by atoms with E-state index in [4.69, 9.17) is 9.84 Å². The van der Waals surface area contributed by atoms with E-state index in [1.165, 1.54) is 10.5 Å². The molecule has 4 nitrogen and oxygen atoms in total. The molecule has 0 atom stereocenters. The average Bonchev–Trinajstić information content (AvgIpc) is 2.54. The average molecular weight is 331 g/mol. The van der Waals surface area contributed by atoms with Crippen LogP contribution in [-0.2, 0) is 11.3 Å². The number of carbonyl (C=O) groups is 1. The molecule has 2 N–H and O–H groups in total. The molecule has 0 saturated carbocycles. The zero-order valence-electron chi connectivity index (χ0n) is 13.6. The van der Waals surface area contributed by atoms with Gasteiger partial charge in [-0.15, -0.1) is 11.8 Å². The second-order valence-corrected chi connectivity index (χ2v) is 6.08. The van der Waals surface area contributed by atoms with E-state index in [-0.39, 0.29) is 6.61 Å². The van der Waals surface area contributed by atoms with Crippen molar-refractivity contribution < 1.29 is 14.6 Å². The van der Waals surface area contributed by atoms with Crippen LogP contribution in [0.2, 0.25) is 0 Å². The van der Waals surface area contributed by atoms with Gasteiger partial charge in [0, 0.05) is 17.0 Å². The number of hydrogen-bond donors (Lipinski definition) is 2. The number of nitrogens with one attached hydrogen (secondary N) is 1. The topological polar surface area (TPSA) is 58.6 Å². The predicted molar refractivity (Wildman–Crippen MR) is 94.3 cm³/mol. The van der Waals surface area contributed by atoms with Gasteiger partial charge in [-0.2, -0.15) is 0 Å². The van der Waals surface area contributed by atoms with Crippen LogP contribution in [0.15, 0.2) is 41.3 Å². The number of hydrogen-bond acceptors (Lipinski definition) is 4. The summed E-state index contributed by atoms with van der Waals surface area (Å²) in [5.74, 6) is -0.396. The summed E-state index contributed by atoms with van der Waals surface area (Å²) < 4.78 is 5.46. The highest BCUT2D eigenvalue weighted by Gasteiger charge is 2.11. The Morgan fingerprint density at radius 3 is 2.70 bits per heavy atom. The Morgan fingerprint density at radius 2 is 2.04 bits per heavy atom. The van der Waals surface area contributed by atoms with Crippen LogP contribution in [0.5, 0.6) is 5.75 Å². The molecule has 0 radical (unpaired) electrons. The molecule has 23 heavy (non-hydrogen) atoms. The molecule has 0 aromatic heterocycles. The molecule has 2 aromatic carbocycles. The van der Waals surface area contributed by atoms with Crippen LogP contribution in [0.25, 0.3) is 11.1 Å². The number of ether oxygens (including phenoxy) is 1. The van der Waals surface area contributed by atoms with E-state index in [1.54, 1.807) is 11.8 Å². The fourth-order valence-electron chi connectivity index (χ4n) is 2.37. The van der Waals surface area contributed by atoms with Crippen LogP contribution in [0, 0.1) is 6.92 Å². The van der Waals surface area contributed by atoms with Crippen LogP contribution in [0.3, 0.4) is 0 Å². The molecule has 0 aliphatic carbocycles. The molecule has 0 aliphatic rings. The zero-order valence-corrected chi connectivity index (χ0v) is 14.4.